The molecule has 0 saturated carbocycles. The minimum absolute atomic E-state index is 0.0757. The van der Waals surface area contributed by atoms with Gasteiger partial charge < -0.3 is 9.80 Å². The van der Waals surface area contributed by atoms with Crippen LogP contribution < -0.4 is 4.90 Å². The molecule has 1 aliphatic rings. The maximum absolute atomic E-state index is 11.6. The average molecular weight is 253 g/mol. The first kappa shape index (κ1) is 11.9. The molecule has 17 heavy (non-hydrogen) atoms. The Balaban J connectivity index is 2.23. The minimum Gasteiger partial charge on any atom is -0.359 e. The fraction of sp³-hybridized carbons (Fsp3) is 0.333. The highest BCUT2D eigenvalue weighted by Gasteiger charge is 2.22. The lowest BCUT2D eigenvalue weighted by atomic mass is 10.2. The summed E-state index contributed by atoms with van der Waals surface area (Å²) in [6.07, 6.45) is 0.755. The van der Waals surface area contributed by atoms with E-state index in [0.29, 0.717) is 23.7 Å². The van der Waals surface area contributed by atoms with Crippen molar-refractivity contribution in [2.75, 3.05) is 31.6 Å². The number of carbonyl (C=O) groups excluding carboxylic acids is 2. The molecule has 0 radical (unpaired) electrons. The van der Waals surface area contributed by atoms with Gasteiger partial charge >= 0.3 is 0 Å². The number of amides is 1. The van der Waals surface area contributed by atoms with E-state index in [-0.39, 0.29) is 5.91 Å². The first-order valence-corrected chi connectivity index (χ1v) is 5.73. The van der Waals surface area contributed by atoms with Crippen LogP contribution in [0.2, 0.25) is 5.02 Å². The van der Waals surface area contributed by atoms with E-state index in [2.05, 4.69) is 0 Å². The van der Waals surface area contributed by atoms with E-state index in [1.807, 2.05) is 4.90 Å². The lowest BCUT2D eigenvalue weighted by Crippen LogP contribution is -2.48. The molecular formula is C12H13ClN2O2. The predicted molar refractivity (Wildman–Crippen MR) is 66.7 cm³/mol. The Hall–Kier alpha value is -1.55. The van der Waals surface area contributed by atoms with Gasteiger partial charge in [-0.3, -0.25) is 9.59 Å². The molecule has 0 spiro atoms. The van der Waals surface area contributed by atoms with E-state index in [1.165, 1.54) is 0 Å². The molecule has 0 unspecified atom stereocenters. The van der Waals surface area contributed by atoms with Gasteiger partial charge in [-0.1, -0.05) is 11.6 Å². The average Bonchev–Trinajstić information content (AvgIpc) is 2.32. The first-order valence-electron chi connectivity index (χ1n) is 5.35. The Morgan fingerprint density at radius 1 is 1.35 bits per heavy atom. The number of carbonyl (C=O) groups is 2. The number of hydrogen-bond donors (Lipinski definition) is 0. The predicted octanol–water partition coefficient (Wildman–Crippen LogP) is 1.43. The van der Waals surface area contributed by atoms with Gasteiger partial charge in [-0.05, 0) is 18.2 Å². The molecule has 1 saturated heterocycles. The Labute approximate surface area is 105 Å². The number of anilines is 1. The van der Waals surface area contributed by atoms with E-state index < -0.39 is 0 Å². The van der Waals surface area contributed by atoms with Crippen molar-refractivity contribution in [3.8, 4) is 0 Å². The molecule has 0 bridgehead atoms. The van der Waals surface area contributed by atoms with Crippen LogP contribution in [0.3, 0.4) is 0 Å². The maximum Gasteiger partial charge on any atom is 0.241 e. The third kappa shape index (κ3) is 2.42. The van der Waals surface area contributed by atoms with E-state index in [4.69, 9.17) is 11.6 Å². The van der Waals surface area contributed by atoms with E-state index in [9.17, 15) is 9.59 Å². The topological polar surface area (TPSA) is 40.6 Å². The standard InChI is InChI=1S/C12H13ClN2O2/c1-14-4-5-15(7-12(14)17)11-3-2-9(8-16)6-10(11)13/h2-3,6,8H,4-5,7H2,1H3. The molecular weight excluding hydrogens is 240 g/mol. The summed E-state index contributed by atoms with van der Waals surface area (Å²) < 4.78 is 0. The number of hydrogen-bond acceptors (Lipinski definition) is 3. The molecule has 0 aromatic heterocycles. The lowest BCUT2D eigenvalue weighted by molar-refractivity contribution is -0.129. The second-order valence-electron chi connectivity index (χ2n) is 4.07. The van der Waals surface area contributed by atoms with Crippen molar-refractivity contribution in [3.05, 3.63) is 28.8 Å². The third-order valence-corrected chi connectivity index (χ3v) is 3.21. The van der Waals surface area contributed by atoms with Crippen LogP contribution in [0.15, 0.2) is 18.2 Å². The van der Waals surface area contributed by atoms with Crippen LogP contribution in [0.1, 0.15) is 10.4 Å². The van der Waals surface area contributed by atoms with Crippen LogP contribution in [-0.4, -0.2) is 43.8 Å². The molecule has 2 rings (SSSR count). The monoisotopic (exact) mass is 252 g/mol. The smallest absolute Gasteiger partial charge is 0.241 e. The molecule has 4 nitrogen and oxygen atoms in total. The second kappa shape index (κ2) is 4.75. The van der Waals surface area contributed by atoms with Gasteiger partial charge in [0.2, 0.25) is 5.91 Å². The van der Waals surface area contributed by atoms with Crippen LogP contribution in [0.25, 0.3) is 0 Å². The summed E-state index contributed by atoms with van der Waals surface area (Å²) in [4.78, 5) is 25.8. The molecule has 1 aromatic carbocycles. The van der Waals surface area contributed by atoms with E-state index in [1.54, 1.807) is 30.1 Å². The summed E-state index contributed by atoms with van der Waals surface area (Å²) in [5.41, 5.74) is 1.35. The van der Waals surface area contributed by atoms with Crippen LogP contribution in [-0.2, 0) is 4.79 Å². The van der Waals surface area contributed by atoms with Gasteiger partial charge in [0, 0.05) is 25.7 Å². The third-order valence-electron chi connectivity index (χ3n) is 2.91. The van der Waals surface area contributed by atoms with E-state index in [0.717, 1.165) is 18.5 Å². The molecule has 1 aromatic rings. The van der Waals surface area contributed by atoms with Crippen molar-refractivity contribution in [3.63, 3.8) is 0 Å². The van der Waals surface area contributed by atoms with Gasteiger partial charge in [-0.25, -0.2) is 0 Å². The number of piperazine rings is 1. The number of rotatable bonds is 2. The normalized spacial score (nSPS) is 16.2. The molecule has 0 atom stereocenters. The van der Waals surface area contributed by atoms with Crippen molar-refractivity contribution in [1.82, 2.24) is 4.90 Å². The first-order chi connectivity index (χ1) is 8.11. The van der Waals surface area contributed by atoms with Crippen LogP contribution in [0, 0.1) is 0 Å². The van der Waals surface area contributed by atoms with Gasteiger partial charge in [-0.15, -0.1) is 0 Å². The Morgan fingerprint density at radius 3 is 2.71 bits per heavy atom. The largest absolute Gasteiger partial charge is 0.359 e. The summed E-state index contributed by atoms with van der Waals surface area (Å²) in [5, 5.41) is 0.506. The van der Waals surface area contributed by atoms with Crippen molar-refractivity contribution in [2.45, 2.75) is 0 Å². The number of halogens is 1. The molecule has 1 heterocycles. The molecule has 5 heteroatoms. The number of benzene rings is 1. The molecule has 90 valence electrons. The summed E-state index contributed by atoms with van der Waals surface area (Å²) in [7, 11) is 1.79. The minimum atomic E-state index is 0.0757. The number of aldehydes is 1. The molecule has 0 aliphatic carbocycles. The highest BCUT2D eigenvalue weighted by molar-refractivity contribution is 6.33. The summed E-state index contributed by atoms with van der Waals surface area (Å²) in [6, 6.07) is 5.11. The fourth-order valence-electron chi connectivity index (χ4n) is 1.82. The Bertz CT molecular complexity index is 462. The zero-order valence-corrected chi connectivity index (χ0v) is 10.3. The van der Waals surface area contributed by atoms with Crippen molar-refractivity contribution in [2.24, 2.45) is 0 Å². The van der Waals surface area contributed by atoms with Gasteiger partial charge in [0.05, 0.1) is 17.3 Å². The maximum atomic E-state index is 11.6. The van der Waals surface area contributed by atoms with Crippen molar-refractivity contribution < 1.29 is 9.59 Å². The fourth-order valence-corrected chi connectivity index (χ4v) is 2.13. The van der Waals surface area contributed by atoms with Gasteiger partial charge in [-0.2, -0.15) is 0 Å². The Morgan fingerprint density at radius 2 is 2.12 bits per heavy atom. The molecule has 1 amide bonds. The summed E-state index contributed by atoms with van der Waals surface area (Å²) in [6.45, 7) is 1.77. The molecule has 0 N–H and O–H groups in total. The summed E-state index contributed by atoms with van der Waals surface area (Å²) >= 11 is 6.10. The SMILES string of the molecule is CN1CCN(c2ccc(C=O)cc2Cl)CC1=O. The summed E-state index contributed by atoms with van der Waals surface area (Å²) in [5.74, 6) is 0.0757. The van der Waals surface area contributed by atoms with Gasteiger partial charge in [0.15, 0.2) is 0 Å². The Kier molecular flexibility index (Phi) is 3.33. The molecule has 1 aliphatic heterocycles. The van der Waals surface area contributed by atoms with Crippen LogP contribution in [0.4, 0.5) is 5.69 Å². The number of nitrogens with zero attached hydrogens (tertiary/aromatic N) is 2. The van der Waals surface area contributed by atoms with E-state index >= 15 is 0 Å². The van der Waals surface area contributed by atoms with Crippen molar-refractivity contribution >= 4 is 29.5 Å². The lowest BCUT2D eigenvalue weighted by Gasteiger charge is -2.34. The highest BCUT2D eigenvalue weighted by Crippen LogP contribution is 2.27. The molecule has 1 fully saturated rings. The van der Waals surface area contributed by atoms with Gasteiger partial charge in [0.25, 0.3) is 0 Å². The van der Waals surface area contributed by atoms with Crippen LogP contribution in [0.5, 0.6) is 0 Å². The second-order valence-corrected chi connectivity index (χ2v) is 4.47. The number of likely N-dealkylation sites (N-methyl/N-ethyl adjacent to an activating group) is 1. The van der Waals surface area contributed by atoms with Crippen LogP contribution >= 0.6 is 11.6 Å². The zero-order chi connectivity index (χ0) is 12.4. The van der Waals surface area contributed by atoms with Crippen molar-refractivity contribution in [1.29, 1.82) is 0 Å². The highest BCUT2D eigenvalue weighted by atomic mass is 35.5. The zero-order valence-electron chi connectivity index (χ0n) is 9.52. The van der Waals surface area contributed by atoms with Gasteiger partial charge in [0.1, 0.15) is 6.29 Å². The quantitative estimate of drug-likeness (QED) is 0.748.